The Morgan fingerprint density at radius 2 is 2.08 bits per heavy atom. The molecule has 1 fully saturated rings. The van der Waals surface area contributed by atoms with Crippen LogP contribution in [0.25, 0.3) is 0 Å². The van der Waals surface area contributed by atoms with Gasteiger partial charge in [0.25, 0.3) is 0 Å². The first kappa shape index (κ1) is 21.0. The first-order chi connectivity index (χ1) is 10.9. The highest BCUT2D eigenvalue weighted by Gasteiger charge is 2.27. The number of rotatable bonds is 7. The minimum atomic E-state index is 0. The maximum Gasteiger partial charge on any atom is 0.220 e. The molecule has 2 rings (SSSR count). The lowest BCUT2D eigenvalue weighted by Crippen LogP contribution is -2.39. The highest BCUT2D eigenvalue weighted by molar-refractivity contribution is 5.85. The van der Waals surface area contributed by atoms with Crippen LogP contribution in [0.5, 0.6) is 0 Å². The molecular weight excluding hydrogens is 324 g/mol. The second kappa shape index (κ2) is 9.42. The monoisotopic (exact) mass is 356 g/mol. The molecule has 0 spiro atoms. The summed E-state index contributed by atoms with van der Waals surface area (Å²) < 4.78 is 2.08. The molecule has 5 nitrogen and oxygen atoms in total. The Morgan fingerprint density at radius 1 is 1.38 bits per heavy atom. The third kappa shape index (κ3) is 5.21. The Balaban J connectivity index is 0.00000288. The molecule has 1 saturated carbocycles. The van der Waals surface area contributed by atoms with Gasteiger partial charge in [0.15, 0.2) is 0 Å². The van der Waals surface area contributed by atoms with Crippen LogP contribution in [0.3, 0.4) is 0 Å². The number of nitrogens with one attached hydrogen (secondary N) is 1. The zero-order valence-electron chi connectivity index (χ0n) is 15.5. The summed E-state index contributed by atoms with van der Waals surface area (Å²) in [7, 11) is 0. The van der Waals surface area contributed by atoms with Crippen LogP contribution in [0.4, 0.5) is 0 Å². The second-order valence-electron chi connectivity index (χ2n) is 7.33. The predicted molar refractivity (Wildman–Crippen MR) is 100 cm³/mol. The van der Waals surface area contributed by atoms with Crippen molar-refractivity contribution in [2.75, 3.05) is 6.54 Å². The van der Waals surface area contributed by atoms with Crippen LogP contribution < -0.4 is 11.1 Å². The number of aryl methyl sites for hydroxylation is 1. The molecule has 2 unspecified atom stereocenters. The SMILES string of the molecule is Cc1nn(CC(C)C)c(C)c1CCC(=O)NC1CCCC1CN.Cl. The Hall–Kier alpha value is -1.07. The summed E-state index contributed by atoms with van der Waals surface area (Å²) in [6, 6.07) is 0.276. The van der Waals surface area contributed by atoms with Crippen LogP contribution in [0.15, 0.2) is 0 Å². The lowest BCUT2D eigenvalue weighted by atomic mass is 10.0. The van der Waals surface area contributed by atoms with Crippen molar-refractivity contribution in [2.45, 2.75) is 72.4 Å². The molecule has 2 atom stereocenters. The molecule has 1 aliphatic rings. The molecule has 138 valence electrons. The van der Waals surface area contributed by atoms with Gasteiger partial charge in [-0.2, -0.15) is 5.10 Å². The predicted octanol–water partition coefficient (Wildman–Crippen LogP) is 2.75. The van der Waals surface area contributed by atoms with Gasteiger partial charge >= 0.3 is 0 Å². The molecule has 1 heterocycles. The van der Waals surface area contributed by atoms with Crippen molar-refractivity contribution in [3.8, 4) is 0 Å². The van der Waals surface area contributed by atoms with Crippen LogP contribution in [-0.2, 0) is 17.8 Å². The van der Waals surface area contributed by atoms with E-state index < -0.39 is 0 Å². The van der Waals surface area contributed by atoms with Gasteiger partial charge in [0.2, 0.25) is 5.91 Å². The minimum absolute atomic E-state index is 0. The van der Waals surface area contributed by atoms with E-state index in [1.165, 1.54) is 17.7 Å². The van der Waals surface area contributed by atoms with Gasteiger partial charge in [-0.25, -0.2) is 0 Å². The van der Waals surface area contributed by atoms with Gasteiger partial charge in [-0.3, -0.25) is 9.48 Å². The smallest absolute Gasteiger partial charge is 0.220 e. The summed E-state index contributed by atoms with van der Waals surface area (Å²) in [6.07, 6.45) is 4.68. The maximum atomic E-state index is 12.3. The third-order valence-corrected chi connectivity index (χ3v) is 4.98. The van der Waals surface area contributed by atoms with E-state index in [1.54, 1.807) is 0 Å². The lowest BCUT2D eigenvalue weighted by molar-refractivity contribution is -0.122. The number of amides is 1. The van der Waals surface area contributed by atoms with Crippen LogP contribution in [0, 0.1) is 25.7 Å². The molecule has 1 aliphatic carbocycles. The number of nitrogens with two attached hydrogens (primary N) is 1. The molecule has 1 amide bonds. The number of nitrogens with zero attached hydrogens (tertiary/aromatic N) is 2. The molecule has 0 radical (unpaired) electrons. The number of carbonyl (C=O) groups excluding carboxylic acids is 1. The minimum Gasteiger partial charge on any atom is -0.353 e. The molecule has 3 N–H and O–H groups in total. The van der Waals surface area contributed by atoms with E-state index in [1.807, 2.05) is 6.92 Å². The molecule has 6 heteroatoms. The molecule has 0 bridgehead atoms. The van der Waals surface area contributed by atoms with Gasteiger partial charge in [0, 0.05) is 24.7 Å². The largest absolute Gasteiger partial charge is 0.353 e. The van der Waals surface area contributed by atoms with Crippen molar-refractivity contribution in [3.63, 3.8) is 0 Å². The number of halogens is 1. The quantitative estimate of drug-likeness (QED) is 0.788. The van der Waals surface area contributed by atoms with Crippen molar-refractivity contribution < 1.29 is 4.79 Å². The summed E-state index contributed by atoms with van der Waals surface area (Å²) in [5.41, 5.74) is 9.26. The van der Waals surface area contributed by atoms with Gasteiger partial charge in [-0.05, 0) is 57.1 Å². The van der Waals surface area contributed by atoms with Crippen LogP contribution >= 0.6 is 12.4 Å². The fraction of sp³-hybridized carbons (Fsp3) is 0.778. The molecular formula is C18H33ClN4O. The van der Waals surface area contributed by atoms with Crippen molar-refractivity contribution >= 4 is 18.3 Å². The van der Waals surface area contributed by atoms with Crippen molar-refractivity contribution in [1.82, 2.24) is 15.1 Å². The topological polar surface area (TPSA) is 72.9 Å². The van der Waals surface area contributed by atoms with Crippen molar-refractivity contribution in [3.05, 3.63) is 17.0 Å². The number of hydrogen-bond donors (Lipinski definition) is 2. The summed E-state index contributed by atoms with van der Waals surface area (Å²) >= 11 is 0. The van der Waals surface area contributed by atoms with Gasteiger partial charge in [-0.15, -0.1) is 12.4 Å². The molecule has 24 heavy (non-hydrogen) atoms. The summed E-state index contributed by atoms with van der Waals surface area (Å²) in [5.74, 6) is 1.17. The average molecular weight is 357 g/mol. The number of aromatic nitrogens is 2. The van der Waals surface area contributed by atoms with E-state index in [9.17, 15) is 4.79 Å². The molecule has 0 saturated heterocycles. The zero-order chi connectivity index (χ0) is 17.0. The van der Waals surface area contributed by atoms with Gasteiger partial charge in [-0.1, -0.05) is 20.3 Å². The van der Waals surface area contributed by atoms with Crippen molar-refractivity contribution in [2.24, 2.45) is 17.6 Å². The fourth-order valence-corrected chi connectivity index (χ4v) is 3.65. The van der Waals surface area contributed by atoms with E-state index in [-0.39, 0.29) is 24.4 Å². The Morgan fingerprint density at radius 3 is 2.71 bits per heavy atom. The van der Waals surface area contributed by atoms with Gasteiger partial charge in [0.1, 0.15) is 0 Å². The first-order valence-electron chi connectivity index (χ1n) is 8.94. The standard InChI is InChI=1S/C18H32N4O.ClH/c1-12(2)11-22-14(4)16(13(3)21-22)8-9-18(23)20-17-7-5-6-15(17)10-19;/h12,15,17H,5-11,19H2,1-4H3,(H,20,23);1H. The van der Waals surface area contributed by atoms with E-state index >= 15 is 0 Å². The summed E-state index contributed by atoms with van der Waals surface area (Å²) in [4.78, 5) is 12.3. The van der Waals surface area contributed by atoms with Gasteiger partial charge < -0.3 is 11.1 Å². The highest BCUT2D eigenvalue weighted by Crippen LogP contribution is 2.24. The normalized spacial score (nSPS) is 20.2. The second-order valence-corrected chi connectivity index (χ2v) is 7.33. The van der Waals surface area contributed by atoms with E-state index in [0.717, 1.165) is 31.5 Å². The molecule has 0 aromatic carbocycles. The molecule has 1 aromatic heterocycles. The van der Waals surface area contributed by atoms with Crippen LogP contribution in [0.1, 0.15) is 56.5 Å². The van der Waals surface area contributed by atoms with Crippen LogP contribution in [0.2, 0.25) is 0 Å². The highest BCUT2D eigenvalue weighted by atomic mass is 35.5. The Bertz CT molecular complexity index is 541. The molecule has 1 aromatic rings. The average Bonchev–Trinajstić information content (AvgIpc) is 3.02. The Kier molecular flexibility index (Phi) is 8.23. The lowest BCUT2D eigenvalue weighted by Gasteiger charge is -2.19. The maximum absolute atomic E-state index is 12.3. The van der Waals surface area contributed by atoms with E-state index in [0.29, 0.717) is 24.8 Å². The zero-order valence-corrected chi connectivity index (χ0v) is 16.3. The third-order valence-electron chi connectivity index (χ3n) is 4.98. The number of hydrogen-bond acceptors (Lipinski definition) is 3. The Labute approximate surface area is 152 Å². The van der Waals surface area contributed by atoms with Gasteiger partial charge in [0.05, 0.1) is 5.69 Å². The summed E-state index contributed by atoms with van der Waals surface area (Å²) in [6.45, 7) is 10.1. The van der Waals surface area contributed by atoms with Crippen LogP contribution in [-0.4, -0.2) is 28.3 Å². The van der Waals surface area contributed by atoms with E-state index in [2.05, 4.69) is 35.9 Å². The number of carbonyl (C=O) groups is 1. The first-order valence-corrected chi connectivity index (χ1v) is 8.94. The van der Waals surface area contributed by atoms with E-state index in [4.69, 9.17) is 5.73 Å². The van der Waals surface area contributed by atoms with Crippen molar-refractivity contribution in [1.29, 1.82) is 0 Å². The summed E-state index contributed by atoms with van der Waals surface area (Å²) in [5, 5.41) is 7.81. The molecule has 0 aliphatic heterocycles. The fourth-order valence-electron chi connectivity index (χ4n) is 3.65.